The molecule has 7 heteroatoms. The van der Waals surface area contributed by atoms with Gasteiger partial charge in [-0.25, -0.2) is 4.98 Å². The van der Waals surface area contributed by atoms with Gasteiger partial charge >= 0.3 is 0 Å². The van der Waals surface area contributed by atoms with Gasteiger partial charge in [-0.2, -0.15) is 0 Å². The molecule has 0 unspecified atom stereocenters. The van der Waals surface area contributed by atoms with Crippen molar-refractivity contribution in [3.8, 4) is 11.3 Å². The Morgan fingerprint density at radius 2 is 1.57 bits per heavy atom. The molecule has 3 aromatic carbocycles. The minimum Gasteiger partial charge on any atom is -0.369 e. The van der Waals surface area contributed by atoms with Gasteiger partial charge in [0, 0.05) is 67.0 Å². The smallest absolute Gasteiger partial charge is 0.248 e. The first-order valence-electron chi connectivity index (χ1n) is 13.5. The minimum atomic E-state index is -0.189. The Labute approximate surface area is 239 Å². The number of nitrogens with one attached hydrogen (secondary N) is 1. The highest BCUT2D eigenvalue weighted by Crippen LogP contribution is 2.28. The molecule has 200 valence electrons. The number of para-hydroxylation sites is 1. The summed E-state index contributed by atoms with van der Waals surface area (Å²) in [5.41, 5.74) is 7.03. The fraction of sp³-hybridized carbons (Fsp3) is 0.152. The van der Waals surface area contributed by atoms with Crippen LogP contribution in [0.5, 0.6) is 0 Å². The van der Waals surface area contributed by atoms with Crippen LogP contribution in [0.25, 0.3) is 23.0 Å². The molecule has 0 radical (unpaired) electrons. The van der Waals surface area contributed by atoms with Gasteiger partial charge in [0.25, 0.3) is 0 Å². The first kappa shape index (κ1) is 25.9. The van der Waals surface area contributed by atoms with E-state index in [9.17, 15) is 4.79 Å². The fourth-order valence-electron chi connectivity index (χ4n) is 5.08. The van der Waals surface area contributed by atoms with Crippen LogP contribution in [-0.4, -0.2) is 46.4 Å². The number of aromatic nitrogens is 2. The summed E-state index contributed by atoms with van der Waals surface area (Å²) in [6.45, 7) is 4.79. The molecule has 1 aliphatic rings. The molecule has 6 nitrogen and oxygen atoms in total. The highest BCUT2D eigenvalue weighted by atomic mass is 35.5. The second kappa shape index (κ2) is 11.8. The number of pyridine rings is 1. The van der Waals surface area contributed by atoms with Gasteiger partial charge in [0.1, 0.15) is 5.65 Å². The zero-order valence-corrected chi connectivity index (χ0v) is 22.8. The molecule has 2 aromatic heterocycles. The van der Waals surface area contributed by atoms with E-state index in [1.807, 2.05) is 54.6 Å². The maximum atomic E-state index is 12.5. The number of nitrogens with zero attached hydrogens (tertiary/aromatic N) is 4. The topological polar surface area (TPSA) is 52.9 Å². The number of hydrogen-bond acceptors (Lipinski definition) is 4. The van der Waals surface area contributed by atoms with Crippen molar-refractivity contribution in [3.05, 3.63) is 126 Å². The number of halogens is 1. The zero-order valence-electron chi connectivity index (χ0n) is 22.1. The van der Waals surface area contributed by atoms with Gasteiger partial charge < -0.3 is 14.6 Å². The van der Waals surface area contributed by atoms with E-state index >= 15 is 0 Å². The Morgan fingerprint density at radius 1 is 0.850 bits per heavy atom. The molecule has 1 N–H and O–H groups in total. The van der Waals surface area contributed by atoms with E-state index in [4.69, 9.17) is 16.6 Å². The van der Waals surface area contributed by atoms with E-state index in [1.54, 1.807) is 18.2 Å². The second-order valence-corrected chi connectivity index (χ2v) is 10.3. The number of hydrogen-bond donors (Lipinski definition) is 1. The molecule has 1 saturated heterocycles. The molecule has 0 aliphatic carbocycles. The number of anilines is 2. The molecule has 0 atom stereocenters. The first-order chi connectivity index (χ1) is 19.6. The third-order valence-corrected chi connectivity index (χ3v) is 7.47. The lowest BCUT2D eigenvalue weighted by Gasteiger charge is -2.36. The highest BCUT2D eigenvalue weighted by molar-refractivity contribution is 6.30. The van der Waals surface area contributed by atoms with Crippen LogP contribution in [0.4, 0.5) is 11.4 Å². The normalized spacial score (nSPS) is 14.2. The number of fused-ring (bicyclic) bond motifs is 1. The maximum Gasteiger partial charge on any atom is 0.248 e. The van der Waals surface area contributed by atoms with Crippen LogP contribution >= 0.6 is 11.6 Å². The lowest BCUT2D eigenvalue weighted by atomic mass is 10.1. The van der Waals surface area contributed by atoms with Crippen LogP contribution in [-0.2, 0) is 11.3 Å². The molecule has 5 aromatic rings. The average Bonchev–Trinajstić information content (AvgIpc) is 3.36. The standard InChI is InChI=1S/C33H30ClN5O/c34-27-14-9-25(10-15-27)11-18-32(40)35-28-16-12-26(13-17-28)33-30(39-19-5-4-8-31(39)36-33)24-37-20-22-38(23-21-37)29-6-2-1-3-7-29/h1-19H,20-24H2,(H,35,40). The Hall–Kier alpha value is -4.39. The van der Waals surface area contributed by atoms with Crippen molar-refractivity contribution in [3.63, 3.8) is 0 Å². The maximum absolute atomic E-state index is 12.5. The van der Waals surface area contributed by atoms with E-state index in [2.05, 4.69) is 56.0 Å². The van der Waals surface area contributed by atoms with E-state index in [0.717, 1.165) is 60.9 Å². The van der Waals surface area contributed by atoms with Crippen LogP contribution in [0.3, 0.4) is 0 Å². The lowest BCUT2D eigenvalue weighted by Crippen LogP contribution is -2.46. The molecular weight excluding hydrogens is 518 g/mol. The number of imidazole rings is 1. The molecule has 1 aliphatic heterocycles. The quantitative estimate of drug-likeness (QED) is 0.232. The Bertz CT molecular complexity index is 1620. The van der Waals surface area contributed by atoms with Crippen LogP contribution in [0.1, 0.15) is 11.3 Å². The summed E-state index contributed by atoms with van der Waals surface area (Å²) in [6, 6.07) is 32.0. The number of piperazine rings is 1. The van der Waals surface area contributed by atoms with Gasteiger partial charge in [0.05, 0.1) is 11.4 Å². The van der Waals surface area contributed by atoms with Gasteiger partial charge in [-0.05, 0) is 60.2 Å². The largest absolute Gasteiger partial charge is 0.369 e. The molecule has 6 rings (SSSR count). The summed E-state index contributed by atoms with van der Waals surface area (Å²) >= 11 is 5.93. The summed E-state index contributed by atoms with van der Waals surface area (Å²) in [5.74, 6) is -0.189. The van der Waals surface area contributed by atoms with E-state index in [1.165, 1.54) is 17.5 Å². The number of carbonyl (C=O) groups excluding carboxylic acids is 1. The predicted molar refractivity (Wildman–Crippen MR) is 164 cm³/mol. The lowest BCUT2D eigenvalue weighted by molar-refractivity contribution is -0.111. The Kier molecular flexibility index (Phi) is 7.62. The molecule has 0 bridgehead atoms. The number of benzene rings is 3. The SMILES string of the molecule is O=C(C=Cc1ccc(Cl)cc1)Nc1ccc(-c2nc3ccccn3c2CN2CCN(c3ccccc3)CC2)cc1. The van der Waals surface area contributed by atoms with Crippen LogP contribution in [0.2, 0.25) is 5.02 Å². The van der Waals surface area contributed by atoms with Crippen molar-refractivity contribution in [2.45, 2.75) is 6.54 Å². The molecule has 0 spiro atoms. The van der Waals surface area contributed by atoms with Crippen LogP contribution in [0, 0.1) is 0 Å². The molecule has 1 amide bonds. The minimum absolute atomic E-state index is 0.189. The van der Waals surface area contributed by atoms with Crippen molar-refractivity contribution in [1.29, 1.82) is 0 Å². The Morgan fingerprint density at radius 3 is 2.33 bits per heavy atom. The molecular formula is C33H30ClN5O. The summed E-state index contributed by atoms with van der Waals surface area (Å²) < 4.78 is 2.19. The van der Waals surface area contributed by atoms with Crippen molar-refractivity contribution >= 4 is 40.6 Å². The number of amides is 1. The van der Waals surface area contributed by atoms with E-state index in [-0.39, 0.29) is 5.91 Å². The zero-order chi connectivity index (χ0) is 27.3. The third-order valence-electron chi connectivity index (χ3n) is 7.22. The molecule has 0 saturated carbocycles. The molecule has 1 fully saturated rings. The fourth-order valence-corrected chi connectivity index (χ4v) is 5.21. The van der Waals surface area contributed by atoms with Gasteiger partial charge in [-0.3, -0.25) is 9.69 Å². The third kappa shape index (κ3) is 5.93. The summed E-state index contributed by atoms with van der Waals surface area (Å²) in [6.07, 6.45) is 5.38. The van der Waals surface area contributed by atoms with Gasteiger partial charge in [-0.15, -0.1) is 0 Å². The van der Waals surface area contributed by atoms with Crippen LogP contribution in [0.15, 0.2) is 109 Å². The summed E-state index contributed by atoms with van der Waals surface area (Å²) in [4.78, 5) is 22.4. The van der Waals surface area contributed by atoms with Gasteiger partial charge in [0.2, 0.25) is 5.91 Å². The van der Waals surface area contributed by atoms with E-state index in [0.29, 0.717) is 5.02 Å². The van der Waals surface area contributed by atoms with Gasteiger partial charge in [0.15, 0.2) is 0 Å². The molecule has 3 heterocycles. The molecule has 40 heavy (non-hydrogen) atoms. The number of carbonyl (C=O) groups is 1. The van der Waals surface area contributed by atoms with Crippen molar-refractivity contribution in [2.75, 3.05) is 36.4 Å². The average molecular weight is 548 g/mol. The van der Waals surface area contributed by atoms with Crippen LogP contribution < -0.4 is 10.2 Å². The van der Waals surface area contributed by atoms with E-state index < -0.39 is 0 Å². The van der Waals surface area contributed by atoms with Crippen molar-refractivity contribution < 1.29 is 4.79 Å². The monoisotopic (exact) mass is 547 g/mol. The number of rotatable bonds is 7. The Balaban J connectivity index is 1.16. The first-order valence-corrected chi connectivity index (χ1v) is 13.8. The predicted octanol–water partition coefficient (Wildman–Crippen LogP) is 6.63. The summed E-state index contributed by atoms with van der Waals surface area (Å²) in [7, 11) is 0. The van der Waals surface area contributed by atoms with Crippen molar-refractivity contribution in [2.24, 2.45) is 0 Å². The highest BCUT2D eigenvalue weighted by Gasteiger charge is 2.21. The second-order valence-electron chi connectivity index (χ2n) is 9.89. The summed E-state index contributed by atoms with van der Waals surface area (Å²) in [5, 5.41) is 3.60. The van der Waals surface area contributed by atoms with Crippen molar-refractivity contribution in [1.82, 2.24) is 14.3 Å². The van der Waals surface area contributed by atoms with Gasteiger partial charge in [-0.1, -0.05) is 60.1 Å².